The van der Waals surface area contributed by atoms with Gasteiger partial charge in [-0.3, -0.25) is 10.1 Å². The summed E-state index contributed by atoms with van der Waals surface area (Å²) in [4.78, 5) is 16.7. The Morgan fingerprint density at radius 1 is 1.22 bits per heavy atom. The van der Waals surface area contributed by atoms with E-state index in [0.717, 1.165) is 21.5 Å². The third-order valence-corrected chi connectivity index (χ3v) is 4.81. The van der Waals surface area contributed by atoms with Crippen LogP contribution in [0.4, 0.5) is 5.13 Å². The highest BCUT2D eigenvalue weighted by Gasteiger charge is 2.10. The van der Waals surface area contributed by atoms with Gasteiger partial charge in [0.1, 0.15) is 12.1 Å². The lowest BCUT2D eigenvalue weighted by molar-refractivity contribution is -0.118. The van der Waals surface area contributed by atoms with Gasteiger partial charge >= 0.3 is 0 Å². The maximum absolute atomic E-state index is 12.2. The van der Waals surface area contributed by atoms with E-state index in [2.05, 4.69) is 38.0 Å². The molecule has 8 nitrogen and oxygen atoms in total. The number of aromatic nitrogens is 5. The monoisotopic (exact) mass is 380 g/mol. The zero-order valence-corrected chi connectivity index (χ0v) is 15.5. The fourth-order valence-electron chi connectivity index (χ4n) is 2.70. The number of nitrogens with zero attached hydrogens (tertiary/aromatic N) is 5. The van der Waals surface area contributed by atoms with Crippen LogP contribution in [0.2, 0.25) is 0 Å². The van der Waals surface area contributed by atoms with E-state index in [4.69, 9.17) is 4.74 Å². The number of carbonyl (C=O) groups is 1. The molecule has 0 atom stereocenters. The van der Waals surface area contributed by atoms with E-state index in [0.29, 0.717) is 10.9 Å². The minimum Gasteiger partial charge on any atom is -0.484 e. The Balaban J connectivity index is 1.38. The van der Waals surface area contributed by atoms with Crippen molar-refractivity contribution in [2.24, 2.45) is 0 Å². The Kier molecular flexibility index (Phi) is 4.51. The summed E-state index contributed by atoms with van der Waals surface area (Å²) in [5.41, 5.74) is 3.99. The second-order valence-corrected chi connectivity index (χ2v) is 7.06. The van der Waals surface area contributed by atoms with Crippen LogP contribution in [0.25, 0.3) is 15.9 Å². The quantitative estimate of drug-likeness (QED) is 0.572. The second kappa shape index (κ2) is 7.12. The average molecular weight is 380 g/mol. The van der Waals surface area contributed by atoms with Crippen LogP contribution in [0.3, 0.4) is 0 Å². The second-order valence-electron chi connectivity index (χ2n) is 6.03. The molecule has 0 unspecified atom stereocenters. The number of amides is 1. The average Bonchev–Trinajstić information content (AvgIpc) is 3.30. The Morgan fingerprint density at radius 3 is 2.78 bits per heavy atom. The van der Waals surface area contributed by atoms with Gasteiger partial charge in [0, 0.05) is 0 Å². The van der Waals surface area contributed by atoms with Crippen LogP contribution >= 0.6 is 11.3 Å². The minimum atomic E-state index is -0.256. The number of nitrogens with one attached hydrogen (secondary N) is 1. The molecule has 1 amide bonds. The molecular formula is C18H16N6O2S. The molecule has 0 saturated heterocycles. The summed E-state index contributed by atoms with van der Waals surface area (Å²) in [6.45, 7) is 3.96. The predicted molar refractivity (Wildman–Crippen MR) is 102 cm³/mol. The van der Waals surface area contributed by atoms with Crippen LogP contribution in [-0.4, -0.2) is 37.7 Å². The fraction of sp³-hybridized carbons (Fsp3) is 0.167. The highest BCUT2D eigenvalue weighted by atomic mass is 32.1. The summed E-state index contributed by atoms with van der Waals surface area (Å²) < 4.78 is 8.13. The number of hydrogen-bond acceptors (Lipinski definition) is 7. The molecule has 0 radical (unpaired) electrons. The SMILES string of the molecule is Cc1cc(C)c2nc(NC(=O)COc3ccc(-n4cnnn4)cc3)sc2c1. The first-order valence-corrected chi connectivity index (χ1v) is 9.04. The minimum absolute atomic E-state index is 0.0990. The summed E-state index contributed by atoms with van der Waals surface area (Å²) in [6.07, 6.45) is 1.50. The Bertz CT molecular complexity index is 1090. The van der Waals surface area contributed by atoms with E-state index in [9.17, 15) is 4.79 Å². The summed E-state index contributed by atoms with van der Waals surface area (Å²) in [6, 6.07) is 11.3. The molecule has 27 heavy (non-hydrogen) atoms. The molecule has 4 aromatic rings. The molecule has 4 rings (SSSR count). The van der Waals surface area contributed by atoms with Gasteiger partial charge in [-0.2, -0.15) is 0 Å². The largest absolute Gasteiger partial charge is 0.484 e. The lowest BCUT2D eigenvalue weighted by Gasteiger charge is -2.06. The lowest BCUT2D eigenvalue weighted by atomic mass is 10.1. The Hall–Kier alpha value is -3.33. The van der Waals surface area contributed by atoms with E-state index in [-0.39, 0.29) is 12.5 Å². The molecule has 2 aromatic carbocycles. The first-order chi connectivity index (χ1) is 13.1. The number of fused-ring (bicyclic) bond motifs is 1. The smallest absolute Gasteiger partial charge is 0.264 e. The first-order valence-electron chi connectivity index (χ1n) is 8.22. The van der Waals surface area contributed by atoms with Crippen molar-refractivity contribution in [3.8, 4) is 11.4 Å². The van der Waals surface area contributed by atoms with Gasteiger partial charge in [-0.1, -0.05) is 17.4 Å². The van der Waals surface area contributed by atoms with Crippen molar-refractivity contribution in [1.29, 1.82) is 0 Å². The fourth-order valence-corrected chi connectivity index (χ4v) is 3.76. The first kappa shape index (κ1) is 17.1. The molecule has 0 bridgehead atoms. The van der Waals surface area contributed by atoms with Crippen LogP contribution in [0.15, 0.2) is 42.7 Å². The van der Waals surface area contributed by atoms with E-state index in [1.807, 2.05) is 26.0 Å². The number of hydrogen-bond donors (Lipinski definition) is 1. The Morgan fingerprint density at radius 2 is 2.04 bits per heavy atom. The van der Waals surface area contributed by atoms with Gasteiger partial charge in [-0.05, 0) is 65.7 Å². The number of ether oxygens (including phenoxy) is 1. The highest BCUT2D eigenvalue weighted by molar-refractivity contribution is 7.22. The van der Waals surface area contributed by atoms with Crippen LogP contribution in [0, 0.1) is 13.8 Å². The molecule has 2 heterocycles. The zero-order chi connectivity index (χ0) is 18.8. The van der Waals surface area contributed by atoms with Crippen LogP contribution < -0.4 is 10.1 Å². The molecule has 9 heteroatoms. The van der Waals surface area contributed by atoms with Crippen LogP contribution in [0.1, 0.15) is 11.1 Å². The molecule has 0 fully saturated rings. The molecule has 1 N–H and O–H groups in total. The van der Waals surface area contributed by atoms with Gasteiger partial charge in [-0.15, -0.1) is 5.10 Å². The molecule has 0 aliphatic rings. The van der Waals surface area contributed by atoms with Crippen molar-refractivity contribution >= 4 is 32.6 Å². The van der Waals surface area contributed by atoms with Crippen molar-refractivity contribution in [3.63, 3.8) is 0 Å². The molecule has 136 valence electrons. The summed E-state index contributed by atoms with van der Waals surface area (Å²) >= 11 is 1.46. The third kappa shape index (κ3) is 3.77. The normalized spacial score (nSPS) is 10.9. The van der Waals surface area contributed by atoms with Crippen molar-refractivity contribution < 1.29 is 9.53 Å². The maximum Gasteiger partial charge on any atom is 0.264 e. The third-order valence-electron chi connectivity index (χ3n) is 3.90. The highest BCUT2D eigenvalue weighted by Crippen LogP contribution is 2.29. The number of rotatable bonds is 5. The standard InChI is InChI=1S/C18H16N6O2S/c1-11-7-12(2)17-15(8-11)27-18(21-17)20-16(25)9-26-14-5-3-13(4-6-14)24-10-19-22-23-24/h3-8,10H,9H2,1-2H3,(H,20,21,25). The number of anilines is 1. The molecule has 0 aliphatic heterocycles. The molecule has 0 aliphatic carbocycles. The van der Waals surface area contributed by atoms with Crippen molar-refractivity contribution in [2.75, 3.05) is 11.9 Å². The number of thiazole rings is 1. The van der Waals surface area contributed by atoms with E-state index in [1.54, 1.807) is 12.1 Å². The molecule has 0 spiro atoms. The maximum atomic E-state index is 12.2. The summed E-state index contributed by atoms with van der Waals surface area (Å²) in [5, 5.41) is 14.4. The van der Waals surface area contributed by atoms with Crippen molar-refractivity contribution in [2.45, 2.75) is 13.8 Å². The number of carbonyl (C=O) groups excluding carboxylic acids is 1. The van der Waals surface area contributed by atoms with Gasteiger partial charge < -0.3 is 4.74 Å². The zero-order valence-electron chi connectivity index (χ0n) is 14.7. The Labute approximate surface area is 158 Å². The van der Waals surface area contributed by atoms with Crippen LogP contribution in [0.5, 0.6) is 5.75 Å². The van der Waals surface area contributed by atoms with Gasteiger partial charge in [0.2, 0.25) is 0 Å². The molecule has 2 aromatic heterocycles. The molecular weight excluding hydrogens is 364 g/mol. The van der Waals surface area contributed by atoms with E-state index in [1.165, 1.54) is 27.9 Å². The molecule has 0 saturated carbocycles. The van der Waals surface area contributed by atoms with Gasteiger partial charge in [0.05, 0.1) is 15.9 Å². The van der Waals surface area contributed by atoms with Gasteiger partial charge in [-0.25, -0.2) is 9.67 Å². The van der Waals surface area contributed by atoms with Crippen LogP contribution in [-0.2, 0) is 4.79 Å². The van der Waals surface area contributed by atoms with E-state index >= 15 is 0 Å². The van der Waals surface area contributed by atoms with Crippen molar-refractivity contribution in [3.05, 3.63) is 53.9 Å². The topological polar surface area (TPSA) is 94.8 Å². The summed E-state index contributed by atoms with van der Waals surface area (Å²) in [7, 11) is 0. The predicted octanol–water partition coefficient (Wildman–Crippen LogP) is 2.91. The van der Waals surface area contributed by atoms with Crippen molar-refractivity contribution in [1.82, 2.24) is 25.2 Å². The number of aryl methyl sites for hydroxylation is 2. The van der Waals surface area contributed by atoms with E-state index < -0.39 is 0 Å². The van der Waals surface area contributed by atoms with Gasteiger partial charge in [0.25, 0.3) is 5.91 Å². The summed E-state index contributed by atoms with van der Waals surface area (Å²) in [5.74, 6) is 0.325. The van der Waals surface area contributed by atoms with Gasteiger partial charge in [0.15, 0.2) is 11.7 Å². The number of tetrazole rings is 1. The number of benzene rings is 2. The lowest BCUT2D eigenvalue weighted by Crippen LogP contribution is -2.20.